The van der Waals surface area contributed by atoms with E-state index in [2.05, 4.69) is 22.1 Å². The first kappa shape index (κ1) is 22.8. The molecule has 33 heavy (non-hydrogen) atoms. The predicted octanol–water partition coefficient (Wildman–Crippen LogP) is 4.89. The molecule has 172 valence electrons. The SMILES string of the molecule is CCCCSc1nnc2c(n1)OC(c1cc(OC)ccc1OC)N(C(C)=O)c1ccccc1-2. The van der Waals surface area contributed by atoms with Crippen molar-refractivity contribution in [1.29, 1.82) is 0 Å². The lowest BCUT2D eigenvalue weighted by Crippen LogP contribution is -2.36. The summed E-state index contributed by atoms with van der Waals surface area (Å²) in [5.74, 6) is 2.19. The highest BCUT2D eigenvalue weighted by atomic mass is 32.2. The van der Waals surface area contributed by atoms with Crippen molar-refractivity contribution < 1.29 is 19.0 Å². The molecule has 0 bridgehead atoms. The van der Waals surface area contributed by atoms with E-state index in [9.17, 15) is 4.79 Å². The van der Waals surface area contributed by atoms with E-state index in [1.54, 1.807) is 37.3 Å². The van der Waals surface area contributed by atoms with Crippen LogP contribution in [-0.2, 0) is 4.79 Å². The normalized spacial score (nSPS) is 14.5. The molecule has 1 unspecified atom stereocenters. The van der Waals surface area contributed by atoms with Crippen molar-refractivity contribution in [2.45, 2.75) is 38.1 Å². The summed E-state index contributed by atoms with van der Waals surface area (Å²) in [4.78, 5) is 19.2. The number of hydrogen-bond acceptors (Lipinski definition) is 8. The molecule has 0 spiro atoms. The molecule has 2 heterocycles. The molecule has 2 aromatic carbocycles. The van der Waals surface area contributed by atoms with E-state index in [-0.39, 0.29) is 5.91 Å². The Hall–Kier alpha value is -3.33. The summed E-state index contributed by atoms with van der Waals surface area (Å²) in [6, 6.07) is 12.9. The molecule has 1 aromatic heterocycles. The summed E-state index contributed by atoms with van der Waals surface area (Å²) in [6.45, 7) is 3.64. The van der Waals surface area contributed by atoms with Crippen LogP contribution in [0.1, 0.15) is 38.5 Å². The van der Waals surface area contributed by atoms with Crippen LogP contribution in [0.2, 0.25) is 0 Å². The summed E-state index contributed by atoms with van der Waals surface area (Å²) in [7, 11) is 3.16. The standard InChI is InChI=1S/C24H26N4O4S/c1-5-6-13-33-24-25-22-21(26-27-24)17-9-7-8-10-19(17)28(15(2)29)23(32-22)18-14-16(30-3)11-12-20(18)31-4/h7-12,14,23H,5-6,13H2,1-4H3. The minimum absolute atomic E-state index is 0.198. The lowest BCUT2D eigenvalue weighted by atomic mass is 10.1. The van der Waals surface area contributed by atoms with E-state index >= 15 is 0 Å². The monoisotopic (exact) mass is 466 g/mol. The first-order valence-electron chi connectivity index (χ1n) is 10.7. The predicted molar refractivity (Wildman–Crippen MR) is 127 cm³/mol. The average Bonchev–Trinajstić information content (AvgIpc) is 2.98. The van der Waals surface area contributed by atoms with Crippen molar-refractivity contribution in [3.8, 4) is 28.6 Å². The third kappa shape index (κ3) is 4.59. The second kappa shape index (κ2) is 10.1. The number of anilines is 1. The molecule has 1 aliphatic heterocycles. The van der Waals surface area contributed by atoms with Crippen LogP contribution < -0.4 is 19.1 Å². The van der Waals surface area contributed by atoms with Gasteiger partial charge in [-0.15, -0.1) is 10.2 Å². The maximum atomic E-state index is 13.0. The molecular weight excluding hydrogens is 440 g/mol. The second-order valence-electron chi connectivity index (χ2n) is 7.43. The van der Waals surface area contributed by atoms with Gasteiger partial charge in [0.25, 0.3) is 0 Å². The summed E-state index contributed by atoms with van der Waals surface area (Å²) >= 11 is 1.53. The first-order chi connectivity index (χ1) is 16.1. The molecule has 8 nitrogen and oxygen atoms in total. The third-order valence-electron chi connectivity index (χ3n) is 5.28. The molecular formula is C24H26N4O4S. The van der Waals surface area contributed by atoms with Gasteiger partial charge in [0.05, 0.1) is 25.5 Å². The van der Waals surface area contributed by atoms with Crippen molar-refractivity contribution >= 4 is 23.4 Å². The second-order valence-corrected chi connectivity index (χ2v) is 8.50. The summed E-state index contributed by atoms with van der Waals surface area (Å²) < 4.78 is 17.5. The largest absolute Gasteiger partial charge is 0.497 e. The summed E-state index contributed by atoms with van der Waals surface area (Å²) in [5, 5.41) is 9.29. The number of aromatic nitrogens is 3. The van der Waals surface area contributed by atoms with Gasteiger partial charge in [0.2, 0.25) is 23.2 Å². The molecule has 4 rings (SSSR count). The number of fused-ring (bicyclic) bond motifs is 3. The van der Waals surface area contributed by atoms with Crippen molar-refractivity contribution in [2.24, 2.45) is 0 Å². The number of hydrogen-bond donors (Lipinski definition) is 0. The molecule has 0 fully saturated rings. The highest BCUT2D eigenvalue weighted by Gasteiger charge is 2.36. The Kier molecular flexibility index (Phi) is 6.98. The first-order valence-corrected chi connectivity index (χ1v) is 11.7. The number of carbonyl (C=O) groups is 1. The van der Waals surface area contributed by atoms with Gasteiger partial charge in [-0.25, -0.2) is 0 Å². The highest BCUT2D eigenvalue weighted by molar-refractivity contribution is 7.99. The average molecular weight is 467 g/mol. The fraction of sp³-hybridized carbons (Fsp3) is 0.333. The molecule has 9 heteroatoms. The van der Waals surface area contributed by atoms with Gasteiger partial charge in [0, 0.05) is 18.2 Å². The molecule has 1 amide bonds. The van der Waals surface area contributed by atoms with Crippen LogP contribution in [-0.4, -0.2) is 41.1 Å². The Balaban J connectivity index is 1.90. The fourth-order valence-corrected chi connectivity index (χ4v) is 4.52. The number of para-hydroxylation sites is 1. The van der Waals surface area contributed by atoms with Crippen molar-refractivity contribution in [3.63, 3.8) is 0 Å². The van der Waals surface area contributed by atoms with Crippen LogP contribution in [0.25, 0.3) is 11.3 Å². The van der Waals surface area contributed by atoms with E-state index in [0.717, 1.165) is 24.2 Å². The van der Waals surface area contributed by atoms with Gasteiger partial charge in [0.15, 0.2) is 5.69 Å². The number of nitrogens with zero attached hydrogens (tertiary/aromatic N) is 4. The number of carbonyl (C=O) groups excluding carboxylic acids is 1. The minimum Gasteiger partial charge on any atom is -0.497 e. The fourth-order valence-electron chi connectivity index (χ4n) is 3.66. The molecule has 0 N–H and O–H groups in total. The third-order valence-corrected chi connectivity index (χ3v) is 6.21. The summed E-state index contributed by atoms with van der Waals surface area (Å²) in [6.07, 6.45) is 1.29. The number of unbranched alkanes of at least 4 members (excludes halogenated alkanes) is 1. The van der Waals surface area contributed by atoms with E-state index in [0.29, 0.717) is 39.5 Å². The van der Waals surface area contributed by atoms with E-state index in [4.69, 9.17) is 14.2 Å². The molecule has 1 aliphatic rings. The van der Waals surface area contributed by atoms with E-state index < -0.39 is 6.23 Å². The Morgan fingerprint density at radius 3 is 2.70 bits per heavy atom. The Labute approximate surface area is 197 Å². The highest BCUT2D eigenvalue weighted by Crippen LogP contribution is 2.45. The molecule has 0 saturated carbocycles. The maximum absolute atomic E-state index is 13.0. The van der Waals surface area contributed by atoms with Crippen LogP contribution in [0, 0.1) is 0 Å². The van der Waals surface area contributed by atoms with Crippen LogP contribution in [0.5, 0.6) is 17.4 Å². The number of benzene rings is 2. The minimum atomic E-state index is -0.847. The lowest BCUT2D eigenvalue weighted by Gasteiger charge is -2.30. The van der Waals surface area contributed by atoms with Gasteiger partial charge in [-0.3, -0.25) is 9.69 Å². The Morgan fingerprint density at radius 2 is 1.97 bits per heavy atom. The number of thioether (sulfide) groups is 1. The number of rotatable bonds is 7. The van der Waals surface area contributed by atoms with Crippen molar-refractivity contribution in [1.82, 2.24) is 15.2 Å². The van der Waals surface area contributed by atoms with E-state index in [1.165, 1.54) is 18.7 Å². The maximum Gasteiger partial charge on any atom is 0.247 e. The van der Waals surface area contributed by atoms with Gasteiger partial charge < -0.3 is 14.2 Å². The lowest BCUT2D eigenvalue weighted by molar-refractivity contribution is -0.118. The van der Waals surface area contributed by atoms with Crippen LogP contribution >= 0.6 is 11.8 Å². The van der Waals surface area contributed by atoms with Crippen molar-refractivity contribution in [2.75, 3.05) is 24.9 Å². The van der Waals surface area contributed by atoms with E-state index in [1.807, 2.05) is 24.3 Å². The van der Waals surface area contributed by atoms with Gasteiger partial charge in [-0.2, -0.15) is 4.98 Å². The van der Waals surface area contributed by atoms with Gasteiger partial charge in [0.1, 0.15) is 11.5 Å². The van der Waals surface area contributed by atoms with Gasteiger partial charge >= 0.3 is 0 Å². The van der Waals surface area contributed by atoms with Gasteiger partial charge in [-0.05, 0) is 30.7 Å². The Bertz CT molecular complexity index is 1160. The number of ether oxygens (including phenoxy) is 3. The summed E-state index contributed by atoms with van der Waals surface area (Å²) in [5.41, 5.74) is 2.49. The zero-order valence-electron chi connectivity index (χ0n) is 19.1. The van der Waals surface area contributed by atoms with Gasteiger partial charge in [-0.1, -0.05) is 43.3 Å². The van der Waals surface area contributed by atoms with Crippen LogP contribution in [0.4, 0.5) is 5.69 Å². The zero-order valence-corrected chi connectivity index (χ0v) is 19.9. The number of amides is 1. The topological polar surface area (TPSA) is 86.7 Å². The molecule has 0 saturated heterocycles. The van der Waals surface area contributed by atoms with Crippen LogP contribution in [0.3, 0.4) is 0 Å². The Morgan fingerprint density at radius 1 is 1.15 bits per heavy atom. The smallest absolute Gasteiger partial charge is 0.247 e. The molecule has 0 aliphatic carbocycles. The zero-order chi connectivity index (χ0) is 23.4. The number of methoxy groups -OCH3 is 2. The molecule has 3 aromatic rings. The molecule has 0 radical (unpaired) electrons. The quantitative estimate of drug-likeness (QED) is 0.359. The van der Waals surface area contributed by atoms with Crippen molar-refractivity contribution in [3.05, 3.63) is 48.0 Å². The van der Waals surface area contributed by atoms with Crippen LogP contribution in [0.15, 0.2) is 47.6 Å². The molecule has 1 atom stereocenters.